The highest BCUT2D eigenvalue weighted by Crippen LogP contribution is 2.33. The van der Waals surface area contributed by atoms with Crippen molar-refractivity contribution in [3.63, 3.8) is 0 Å². The highest BCUT2D eigenvalue weighted by molar-refractivity contribution is 6.23. The maximum Gasteiger partial charge on any atom is 0.263 e. The van der Waals surface area contributed by atoms with Gasteiger partial charge in [0.25, 0.3) is 11.8 Å². The molecule has 0 aliphatic carbocycles. The van der Waals surface area contributed by atoms with Gasteiger partial charge in [-0.15, -0.1) is 0 Å². The van der Waals surface area contributed by atoms with Crippen LogP contribution in [0.2, 0.25) is 0 Å². The molecule has 288 valence electrons. The van der Waals surface area contributed by atoms with Crippen molar-refractivity contribution >= 4 is 35.2 Å². The lowest BCUT2D eigenvalue weighted by Gasteiger charge is -2.35. The van der Waals surface area contributed by atoms with Crippen molar-refractivity contribution in [1.82, 2.24) is 24.9 Å². The molecular formula is C40H56N6O7. The van der Waals surface area contributed by atoms with Crippen LogP contribution in [-0.4, -0.2) is 121 Å². The number of carbonyl (C=O) groups is 5. The second-order valence-electron chi connectivity index (χ2n) is 15.3. The van der Waals surface area contributed by atoms with E-state index in [0.29, 0.717) is 55.3 Å². The van der Waals surface area contributed by atoms with E-state index in [-0.39, 0.29) is 53.7 Å². The van der Waals surface area contributed by atoms with Crippen molar-refractivity contribution in [3.8, 4) is 11.5 Å². The Bertz CT molecular complexity index is 1670. The van der Waals surface area contributed by atoms with Gasteiger partial charge >= 0.3 is 0 Å². The van der Waals surface area contributed by atoms with E-state index in [4.69, 9.17) is 9.47 Å². The number of amides is 5. The summed E-state index contributed by atoms with van der Waals surface area (Å²) in [5.41, 5.74) is 1.37. The number of carbonyl (C=O) groups excluding carboxylic acids is 5. The predicted molar refractivity (Wildman–Crippen MR) is 202 cm³/mol. The van der Waals surface area contributed by atoms with Crippen LogP contribution in [0.4, 0.5) is 5.69 Å². The van der Waals surface area contributed by atoms with Gasteiger partial charge < -0.3 is 29.9 Å². The van der Waals surface area contributed by atoms with Crippen molar-refractivity contribution in [1.29, 1.82) is 0 Å². The summed E-state index contributed by atoms with van der Waals surface area (Å²) in [4.78, 5) is 73.4. The average Bonchev–Trinajstić information content (AvgIpc) is 3.67. The molecule has 0 aromatic heterocycles. The summed E-state index contributed by atoms with van der Waals surface area (Å²) in [6, 6.07) is 10.0. The summed E-state index contributed by atoms with van der Waals surface area (Å²) in [6.45, 7) is 14.6. The molecule has 3 heterocycles. The number of anilines is 1. The molecule has 13 heteroatoms. The molecule has 0 saturated carbocycles. The number of nitrogens with zero attached hydrogens (tertiary/aromatic N) is 4. The highest BCUT2D eigenvalue weighted by atomic mass is 16.5. The number of ether oxygens (including phenoxy) is 2. The lowest BCUT2D eigenvalue weighted by molar-refractivity contribution is -0.140. The summed E-state index contributed by atoms with van der Waals surface area (Å²) in [6.07, 6.45) is 3.93. The molecule has 0 bridgehead atoms. The first-order valence-electron chi connectivity index (χ1n) is 18.9. The van der Waals surface area contributed by atoms with E-state index in [1.165, 1.54) is 4.90 Å². The van der Waals surface area contributed by atoms with Gasteiger partial charge in [0.2, 0.25) is 17.7 Å². The number of likely N-dealkylation sites (tertiary alicyclic amines) is 1. The highest BCUT2D eigenvalue weighted by Gasteiger charge is 2.39. The minimum absolute atomic E-state index is 0.00202. The number of unbranched alkanes of at least 4 members (excludes halogenated alkanes) is 1. The first kappa shape index (κ1) is 39.6. The van der Waals surface area contributed by atoms with E-state index < -0.39 is 11.9 Å². The van der Waals surface area contributed by atoms with E-state index in [1.807, 2.05) is 37.5 Å². The minimum atomic E-state index is -0.545. The number of rotatable bonds is 15. The van der Waals surface area contributed by atoms with E-state index >= 15 is 0 Å². The molecule has 2 aromatic carbocycles. The predicted octanol–water partition coefficient (Wildman–Crippen LogP) is 4.16. The molecule has 53 heavy (non-hydrogen) atoms. The number of methoxy groups -OCH3 is 1. The molecule has 3 aliphatic heterocycles. The van der Waals surface area contributed by atoms with Gasteiger partial charge in [-0.25, -0.2) is 0 Å². The lowest BCUT2D eigenvalue weighted by atomic mass is 9.85. The Kier molecular flexibility index (Phi) is 13.0. The fraction of sp³-hybridized carbons (Fsp3) is 0.575. The van der Waals surface area contributed by atoms with Crippen LogP contribution in [-0.2, 0) is 20.9 Å². The number of benzene rings is 2. The molecule has 2 saturated heterocycles. The molecule has 5 amide bonds. The van der Waals surface area contributed by atoms with Crippen LogP contribution < -0.4 is 20.1 Å². The van der Waals surface area contributed by atoms with Crippen molar-refractivity contribution in [3.05, 3.63) is 53.1 Å². The topological polar surface area (TPSA) is 141 Å². The van der Waals surface area contributed by atoms with Gasteiger partial charge in [-0.1, -0.05) is 32.9 Å². The molecule has 2 N–H and O–H groups in total. The van der Waals surface area contributed by atoms with Crippen molar-refractivity contribution in [2.75, 3.05) is 64.8 Å². The lowest BCUT2D eigenvalue weighted by Crippen LogP contribution is -2.55. The third-order valence-corrected chi connectivity index (χ3v) is 10.4. The molecular weight excluding hydrogens is 676 g/mol. The van der Waals surface area contributed by atoms with Gasteiger partial charge in [0.1, 0.15) is 6.04 Å². The SMILES string of the molecule is CCOc1cc(CN2C(=O)c3cccc(NCC(=O)N4CCN(CCCCC(=O)NC(C(=O)N5CCCC5C)C(C)(C)C)CC4)c3C2=O)ccc1OC. The first-order valence-corrected chi connectivity index (χ1v) is 18.9. The Hall–Kier alpha value is -4.65. The Balaban J connectivity index is 1.05. The summed E-state index contributed by atoms with van der Waals surface area (Å²) in [5.74, 6) is 0.141. The van der Waals surface area contributed by atoms with Crippen LogP contribution in [0, 0.1) is 5.41 Å². The minimum Gasteiger partial charge on any atom is -0.493 e. The van der Waals surface area contributed by atoms with Crippen LogP contribution in [0.5, 0.6) is 11.5 Å². The van der Waals surface area contributed by atoms with E-state index in [9.17, 15) is 24.0 Å². The maximum atomic E-state index is 13.5. The normalized spacial score (nSPS) is 18.2. The second-order valence-corrected chi connectivity index (χ2v) is 15.3. The number of nitrogens with one attached hydrogen (secondary N) is 2. The zero-order chi connectivity index (χ0) is 38.3. The Morgan fingerprint density at radius 2 is 1.72 bits per heavy atom. The van der Waals surface area contributed by atoms with Gasteiger partial charge in [-0.2, -0.15) is 0 Å². The van der Waals surface area contributed by atoms with E-state index in [0.717, 1.165) is 51.0 Å². The second kappa shape index (κ2) is 17.5. The fourth-order valence-electron chi connectivity index (χ4n) is 7.33. The fourth-order valence-corrected chi connectivity index (χ4v) is 7.33. The Labute approximate surface area is 313 Å². The molecule has 2 unspecified atom stereocenters. The van der Waals surface area contributed by atoms with E-state index in [1.54, 1.807) is 43.5 Å². The van der Waals surface area contributed by atoms with Crippen molar-refractivity contribution in [2.45, 2.75) is 85.4 Å². The zero-order valence-electron chi connectivity index (χ0n) is 32.2. The summed E-state index contributed by atoms with van der Waals surface area (Å²) >= 11 is 0. The van der Waals surface area contributed by atoms with Crippen LogP contribution in [0.3, 0.4) is 0 Å². The third-order valence-electron chi connectivity index (χ3n) is 10.4. The van der Waals surface area contributed by atoms with Gasteiger partial charge in [0.15, 0.2) is 11.5 Å². The monoisotopic (exact) mass is 732 g/mol. The zero-order valence-corrected chi connectivity index (χ0v) is 32.2. The molecule has 0 radical (unpaired) electrons. The maximum absolute atomic E-state index is 13.5. The quantitative estimate of drug-likeness (QED) is 0.204. The van der Waals surface area contributed by atoms with Crippen LogP contribution >= 0.6 is 0 Å². The third kappa shape index (κ3) is 9.48. The van der Waals surface area contributed by atoms with Crippen LogP contribution in [0.1, 0.15) is 93.0 Å². The van der Waals surface area contributed by atoms with Gasteiger partial charge in [-0.3, -0.25) is 33.8 Å². The van der Waals surface area contributed by atoms with E-state index in [2.05, 4.69) is 22.5 Å². The number of hydrogen-bond acceptors (Lipinski definition) is 9. The van der Waals surface area contributed by atoms with Gasteiger partial charge in [0.05, 0.1) is 37.9 Å². The summed E-state index contributed by atoms with van der Waals surface area (Å²) in [5, 5.41) is 6.16. The Morgan fingerprint density at radius 3 is 2.38 bits per heavy atom. The summed E-state index contributed by atoms with van der Waals surface area (Å²) < 4.78 is 11.0. The molecule has 2 atom stereocenters. The first-order chi connectivity index (χ1) is 25.3. The number of imide groups is 1. The molecule has 13 nitrogen and oxygen atoms in total. The smallest absolute Gasteiger partial charge is 0.263 e. The van der Waals surface area contributed by atoms with Crippen LogP contribution in [0.15, 0.2) is 36.4 Å². The number of hydrogen-bond donors (Lipinski definition) is 2. The van der Waals surface area contributed by atoms with Gasteiger partial charge in [-0.05, 0) is 81.3 Å². The van der Waals surface area contributed by atoms with Crippen LogP contribution in [0.25, 0.3) is 0 Å². The van der Waals surface area contributed by atoms with Crippen molar-refractivity contribution in [2.24, 2.45) is 5.41 Å². The standard InChI is InChI=1S/C40H56N6O7/c1-7-53-32-24-28(16-17-31(32)52-6)26-46-37(49)29-13-10-14-30(35(29)38(46)50)41-25-34(48)44-22-20-43(21-23-44)18-9-8-15-33(47)42-36(40(3,4)5)39(51)45-19-11-12-27(45)2/h10,13-14,16-17,24,27,36,41H,7-9,11-12,15,18-23,25-26H2,1-6H3,(H,42,47). The molecule has 0 spiro atoms. The van der Waals surface area contributed by atoms with Crippen molar-refractivity contribution < 1.29 is 33.4 Å². The average molecular weight is 733 g/mol. The summed E-state index contributed by atoms with van der Waals surface area (Å²) in [7, 11) is 1.55. The molecule has 3 aliphatic rings. The number of piperazine rings is 1. The molecule has 5 rings (SSSR count). The largest absolute Gasteiger partial charge is 0.493 e. The molecule has 2 aromatic rings. The van der Waals surface area contributed by atoms with Gasteiger partial charge in [0, 0.05) is 50.9 Å². The Morgan fingerprint density at radius 1 is 0.962 bits per heavy atom. The number of fused-ring (bicyclic) bond motifs is 1. The molecule has 2 fully saturated rings.